The third-order valence-electron chi connectivity index (χ3n) is 12.8. The van der Waals surface area contributed by atoms with Crippen molar-refractivity contribution in [1.82, 2.24) is 0 Å². The van der Waals surface area contributed by atoms with Crippen molar-refractivity contribution in [3.8, 4) is 0 Å². The fraction of sp³-hybridized carbons (Fsp3) is 0.839. The smallest absolute Gasteiger partial charge is 0.335 e. The highest BCUT2D eigenvalue weighted by atomic mass is 16.7. The van der Waals surface area contributed by atoms with E-state index in [1.54, 1.807) is 13.2 Å². The summed E-state index contributed by atoms with van der Waals surface area (Å²) in [5, 5.41) is 33.7. The standard InChI is InChI=1S/C31H44O9/c1-16-23(33)25(36-4)24(34)27(38-16)39-21-10-12-29(3)19-7-11-28(2)18(17-5-6-22(32)37-15-17)8-13-30(28,35)20(19)9-14-31(29)26(21)40-31/h5-6,15-16,18-21,23-27,33-35H,7-14H2,1-4H3/t16-,18+,19-,20+,21-,23-,24+,25+,26?,27-,28+,29+,30-,31?/m0/s1. The number of hydrogen-bond donors (Lipinski definition) is 3. The quantitative estimate of drug-likeness (QED) is 0.376. The number of fused-ring (bicyclic) bond motifs is 4. The number of epoxide rings is 1. The third kappa shape index (κ3) is 3.49. The van der Waals surface area contributed by atoms with Crippen molar-refractivity contribution in [2.45, 2.75) is 132 Å². The summed E-state index contributed by atoms with van der Waals surface area (Å²) in [5.41, 5.74) is -0.724. The van der Waals surface area contributed by atoms with Crippen LogP contribution in [0.5, 0.6) is 0 Å². The lowest BCUT2D eigenvalue weighted by Gasteiger charge is -2.63. The van der Waals surface area contributed by atoms with Gasteiger partial charge in [0.1, 0.15) is 30.0 Å². The molecule has 6 fully saturated rings. The van der Waals surface area contributed by atoms with E-state index in [0.717, 1.165) is 56.9 Å². The van der Waals surface area contributed by atoms with Crippen molar-refractivity contribution < 1.29 is 38.7 Å². The van der Waals surface area contributed by atoms with Crippen molar-refractivity contribution in [3.63, 3.8) is 0 Å². The molecule has 4 aliphatic carbocycles. The van der Waals surface area contributed by atoms with Gasteiger partial charge in [-0.2, -0.15) is 0 Å². The molecule has 3 N–H and O–H groups in total. The first-order chi connectivity index (χ1) is 19.0. The molecule has 222 valence electrons. The molecule has 2 aliphatic heterocycles. The van der Waals surface area contributed by atoms with Crippen LogP contribution in [0.2, 0.25) is 0 Å². The number of methoxy groups -OCH3 is 1. The van der Waals surface area contributed by atoms with Gasteiger partial charge in [0.25, 0.3) is 0 Å². The Morgan fingerprint density at radius 3 is 2.42 bits per heavy atom. The average Bonchev–Trinajstić information content (AvgIpc) is 3.61. The van der Waals surface area contributed by atoms with Crippen LogP contribution in [0.1, 0.15) is 83.6 Å². The second kappa shape index (κ2) is 9.09. The van der Waals surface area contributed by atoms with Crippen molar-refractivity contribution >= 4 is 0 Å². The molecule has 14 atom stereocenters. The summed E-state index contributed by atoms with van der Waals surface area (Å²) in [7, 11) is 1.48. The fourth-order valence-corrected chi connectivity index (χ4v) is 10.5. The first kappa shape index (κ1) is 27.5. The van der Waals surface area contributed by atoms with Crippen LogP contribution in [0.25, 0.3) is 0 Å². The van der Waals surface area contributed by atoms with Gasteiger partial charge in [0.05, 0.1) is 24.1 Å². The summed E-state index contributed by atoms with van der Waals surface area (Å²) in [4.78, 5) is 11.6. The predicted molar refractivity (Wildman–Crippen MR) is 142 cm³/mol. The molecule has 1 aromatic heterocycles. The SMILES string of the molecule is CO[C@@H]1[C@@H](O)[C@H](C)O[C@@H](O[C@H]2CC[C@]3(C)[C@H]4CC[C@]5(C)[C@@H](c6ccc(=O)oc6)CC[C@]5(O)[C@@H]4CCC34OC24)[C@@H]1O. The number of hydrogen-bond acceptors (Lipinski definition) is 9. The van der Waals surface area contributed by atoms with Gasteiger partial charge in [-0.1, -0.05) is 13.8 Å². The van der Waals surface area contributed by atoms with Crippen LogP contribution >= 0.6 is 0 Å². The monoisotopic (exact) mass is 560 g/mol. The van der Waals surface area contributed by atoms with Crippen molar-refractivity contribution in [2.24, 2.45) is 22.7 Å². The van der Waals surface area contributed by atoms with Gasteiger partial charge in [0, 0.05) is 24.0 Å². The summed E-state index contributed by atoms with van der Waals surface area (Å²) in [6, 6.07) is 3.37. The highest BCUT2D eigenvalue weighted by molar-refractivity contribution is 5.30. The van der Waals surface area contributed by atoms with E-state index >= 15 is 0 Å². The summed E-state index contributed by atoms with van der Waals surface area (Å²) in [6.07, 6.45) is 4.23. The Bertz CT molecular complexity index is 1180. The molecule has 4 saturated carbocycles. The molecular weight excluding hydrogens is 516 g/mol. The van der Waals surface area contributed by atoms with Gasteiger partial charge in [-0.3, -0.25) is 0 Å². The average molecular weight is 561 g/mol. The normalized spacial score (nSPS) is 55.1. The van der Waals surface area contributed by atoms with Gasteiger partial charge in [0.2, 0.25) is 0 Å². The molecule has 0 amide bonds. The van der Waals surface area contributed by atoms with E-state index < -0.39 is 36.3 Å². The lowest BCUT2D eigenvalue weighted by atomic mass is 9.43. The van der Waals surface area contributed by atoms with Gasteiger partial charge >= 0.3 is 5.63 Å². The van der Waals surface area contributed by atoms with E-state index in [-0.39, 0.29) is 46.1 Å². The third-order valence-corrected chi connectivity index (χ3v) is 12.8. The molecular formula is C31H44O9. The van der Waals surface area contributed by atoms with E-state index in [4.69, 9.17) is 23.4 Å². The van der Waals surface area contributed by atoms with E-state index in [2.05, 4.69) is 13.8 Å². The molecule has 1 spiro atoms. The van der Waals surface area contributed by atoms with Crippen LogP contribution in [-0.2, 0) is 18.9 Å². The van der Waals surface area contributed by atoms with E-state index in [0.29, 0.717) is 5.92 Å². The largest absolute Gasteiger partial charge is 0.431 e. The van der Waals surface area contributed by atoms with Crippen molar-refractivity contribution in [3.05, 3.63) is 34.4 Å². The maximum absolute atomic E-state index is 12.5. The highest BCUT2D eigenvalue weighted by Crippen LogP contribution is 2.75. The molecule has 1 aromatic rings. The number of ether oxygens (including phenoxy) is 4. The summed E-state index contributed by atoms with van der Waals surface area (Å²) >= 11 is 0. The fourth-order valence-electron chi connectivity index (χ4n) is 10.5. The molecule has 2 saturated heterocycles. The molecule has 0 radical (unpaired) electrons. The van der Waals surface area contributed by atoms with Crippen LogP contribution in [-0.4, -0.2) is 76.5 Å². The number of aliphatic hydroxyl groups excluding tert-OH is 2. The van der Waals surface area contributed by atoms with Crippen LogP contribution in [0, 0.1) is 22.7 Å². The number of rotatable bonds is 4. The Morgan fingerprint density at radius 2 is 1.70 bits per heavy atom. The molecule has 0 bridgehead atoms. The topological polar surface area (TPSA) is 131 Å². The van der Waals surface area contributed by atoms with Crippen LogP contribution in [0.15, 0.2) is 27.6 Å². The van der Waals surface area contributed by atoms with Crippen LogP contribution in [0.4, 0.5) is 0 Å². The molecule has 0 aromatic carbocycles. The first-order valence-electron chi connectivity index (χ1n) is 15.2. The summed E-state index contributed by atoms with van der Waals surface area (Å²) in [6.45, 7) is 6.38. The van der Waals surface area contributed by atoms with Crippen molar-refractivity contribution in [1.29, 1.82) is 0 Å². The molecule has 9 nitrogen and oxygen atoms in total. The minimum Gasteiger partial charge on any atom is -0.431 e. The molecule has 3 heterocycles. The van der Waals surface area contributed by atoms with E-state index in [1.807, 2.05) is 6.07 Å². The number of aliphatic hydroxyl groups is 3. The zero-order valence-electron chi connectivity index (χ0n) is 24.0. The van der Waals surface area contributed by atoms with Crippen LogP contribution < -0.4 is 5.63 Å². The van der Waals surface area contributed by atoms with Gasteiger partial charge in [-0.05, 0) is 87.7 Å². The highest BCUT2D eigenvalue weighted by Gasteiger charge is 2.78. The van der Waals surface area contributed by atoms with E-state index in [9.17, 15) is 20.1 Å². The predicted octanol–water partition coefficient (Wildman–Crippen LogP) is 2.88. The maximum atomic E-state index is 12.5. The Labute approximate surface area is 235 Å². The lowest BCUT2D eigenvalue weighted by Crippen LogP contribution is -2.65. The summed E-state index contributed by atoms with van der Waals surface area (Å²) < 4.78 is 29.5. The Hall–Kier alpha value is -1.33. The maximum Gasteiger partial charge on any atom is 0.335 e. The van der Waals surface area contributed by atoms with Crippen LogP contribution in [0.3, 0.4) is 0 Å². The second-order valence-corrected chi connectivity index (χ2v) is 14.1. The molecule has 40 heavy (non-hydrogen) atoms. The van der Waals surface area contributed by atoms with Gasteiger partial charge in [-0.15, -0.1) is 0 Å². The van der Waals surface area contributed by atoms with E-state index in [1.165, 1.54) is 13.2 Å². The Balaban J connectivity index is 1.10. The minimum absolute atomic E-state index is 0.0697. The zero-order valence-corrected chi connectivity index (χ0v) is 24.0. The second-order valence-electron chi connectivity index (χ2n) is 14.1. The van der Waals surface area contributed by atoms with Gasteiger partial charge < -0.3 is 38.7 Å². The van der Waals surface area contributed by atoms with Crippen molar-refractivity contribution in [2.75, 3.05) is 7.11 Å². The lowest BCUT2D eigenvalue weighted by molar-refractivity contribution is -0.310. The van der Waals surface area contributed by atoms with Gasteiger partial charge in [-0.25, -0.2) is 4.79 Å². The molecule has 6 aliphatic rings. The Morgan fingerprint density at radius 1 is 0.950 bits per heavy atom. The Kier molecular flexibility index (Phi) is 6.25. The summed E-state index contributed by atoms with van der Waals surface area (Å²) in [5.74, 6) is 0.708. The molecule has 7 rings (SSSR count). The molecule has 9 heteroatoms. The zero-order chi connectivity index (χ0) is 28.2. The molecule has 2 unspecified atom stereocenters. The van der Waals surface area contributed by atoms with Gasteiger partial charge in [0.15, 0.2) is 6.29 Å². The minimum atomic E-state index is -1.09. The first-order valence-corrected chi connectivity index (χ1v) is 15.2.